The first kappa shape index (κ1) is 17.0. The van der Waals surface area contributed by atoms with Crippen molar-refractivity contribution in [3.8, 4) is 5.75 Å². The van der Waals surface area contributed by atoms with E-state index < -0.39 is 11.6 Å². The molecule has 1 aromatic rings. The Morgan fingerprint density at radius 1 is 1.30 bits per heavy atom. The summed E-state index contributed by atoms with van der Waals surface area (Å²) in [6.45, 7) is 7.97. The maximum Gasteiger partial charge on any atom is 0.326 e. The van der Waals surface area contributed by atoms with Crippen LogP contribution in [-0.2, 0) is 14.3 Å². The molecule has 6 heteroatoms. The van der Waals surface area contributed by atoms with Crippen LogP contribution in [0.15, 0.2) is 18.2 Å². The monoisotopic (exact) mass is 319 g/mol. The van der Waals surface area contributed by atoms with Crippen molar-refractivity contribution < 1.29 is 23.9 Å². The minimum atomic E-state index is -1.09. The number of hydrogen-bond donors (Lipinski definition) is 0. The first-order chi connectivity index (χ1) is 10.6. The molecule has 0 aromatic heterocycles. The summed E-state index contributed by atoms with van der Waals surface area (Å²) in [6, 6.07) is 4.84. The Labute approximate surface area is 135 Å². The van der Waals surface area contributed by atoms with Crippen LogP contribution < -0.4 is 9.64 Å². The predicted octanol–water partition coefficient (Wildman–Crippen LogP) is 2.34. The van der Waals surface area contributed by atoms with E-state index in [2.05, 4.69) is 0 Å². The van der Waals surface area contributed by atoms with Gasteiger partial charge in [0, 0.05) is 5.56 Å². The standard InChI is InChI=1S/C17H21NO5/c1-10(2)22-15(20)9-18-13-8-12(11(3)19)6-7-14(13)23-17(4,5)16(18)21/h6-8,10H,9H2,1-5H3. The smallest absolute Gasteiger partial charge is 0.326 e. The van der Waals surface area contributed by atoms with E-state index in [4.69, 9.17) is 9.47 Å². The van der Waals surface area contributed by atoms with E-state index in [0.29, 0.717) is 17.0 Å². The largest absolute Gasteiger partial charge is 0.476 e. The number of ketones is 1. The molecule has 124 valence electrons. The Hall–Kier alpha value is -2.37. The van der Waals surface area contributed by atoms with Crippen LogP contribution in [0.4, 0.5) is 5.69 Å². The van der Waals surface area contributed by atoms with Crippen LogP contribution in [0.1, 0.15) is 45.0 Å². The van der Waals surface area contributed by atoms with Gasteiger partial charge in [-0.2, -0.15) is 0 Å². The summed E-state index contributed by atoms with van der Waals surface area (Å²) in [7, 11) is 0. The van der Waals surface area contributed by atoms with Gasteiger partial charge in [-0.15, -0.1) is 0 Å². The normalized spacial score (nSPS) is 15.9. The Morgan fingerprint density at radius 3 is 2.52 bits per heavy atom. The molecule has 0 spiro atoms. The van der Waals surface area contributed by atoms with E-state index in [1.54, 1.807) is 45.9 Å². The molecule has 0 fully saturated rings. The third-order valence-electron chi connectivity index (χ3n) is 3.44. The van der Waals surface area contributed by atoms with Gasteiger partial charge in [0.1, 0.15) is 12.3 Å². The molecular weight excluding hydrogens is 298 g/mol. The zero-order chi connectivity index (χ0) is 17.4. The summed E-state index contributed by atoms with van der Waals surface area (Å²) < 4.78 is 10.8. The fourth-order valence-corrected chi connectivity index (χ4v) is 2.37. The predicted molar refractivity (Wildman–Crippen MR) is 84.7 cm³/mol. The van der Waals surface area contributed by atoms with Crippen molar-refractivity contribution in [3.63, 3.8) is 0 Å². The van der Waals surface area contributed by atoms with Crippen molar-refractivity contribution in [3.05, 3.63) is 23.8 Å². The molecule has 0 aliphatic carbocycles. The SMILES string of the molecule is CC(=O)c1ccc2c(c1)N(CC(=O)OC(C)C)C(=O)C(C)(C)O2. The highest BCUT2D eigenvalue weighted by Gasteiger charge is 2.42. The molecule has 0 saturated heterocycles. The van der Waals surface area contributed by atoms with Crippen LogP contribution in [0, 0.1) is 0 Å². The number of anilines is 1. The first-order valence-corrected chi connectivity index (χ1v) is 7.47. The maximum atomic E-state index is 12.6. The Balaban J connectivity index is 2.43. The molecule has 6 nitrogen and oxygen atoms in total. The van der Waals surface area contributed by atoms with Crippen molar-refractivity contribution in [2.45, 2.75) is 46.3 Å². The number of carbonyl (C=O) groups excluding carboxylic acids is 3. The van der Waals surface area contributed by atoms with Crippen LogP contribution in [0.5, 0.6) is 5.75 Å². The summed E-state index contributed by atoms with van der Waals surface area (Å²) in [4.78, 5) is 37.5. The lowest BCUT2D eigenvalue weighted by Crippen LogP contribution is -2.54. The molecule has 1 heterocycles. The highest BCUT2D eigenvalue weighted by molar-refractivity contribution is 6.06. The number of hydrogen-bond acceptors (Lipinski definition) is 5. The van der Waals surface area contributed by atoms with Gasteiger partial charge in [0.05, 0.1) is 11.8 Å². The van der Waals surface area contributed by atoms with Crippen molar-refractivity contribution >= 4 is 23.3 Å². The Bertz CT molecular complexity index is 663. The highest BCUT2D eigenvalue weighted by atomic mass is 16.5. The fourth-order valence-electron chi connectivity index (χ4n) is 2.37. The molecular formula is C17H21NO5. The van der Waals surface area contributed by atoms with Gasteiger partial charge in [-0.1, -0.05) is 0 Å². The number of nitrogens with zero attached hydrogens (tertiary/aromatic N) is 1. The summed E-state index contributed by atoms with van der Waals surface area (Å²) in [5, 5.41) is 0. The molecule has 0 N–H and O–H groups in total. The number of esters is 1. The third kappa shape index (κ3) is 3.52. The zero-order valence-corrected chi connectivity index (χ0v) is 14.0. The number of benzene rings is 1. The average molecular weight is 319 g/mol. The number of amides is 1. The lowest BCUT2D eigenvalue weighted by Gasteiger charge is -2.38. The number of ether oxygens (including phenoxy) is 2. The second-order valence-corrected chi connectivity index (χ2v) is 6.28. The molecule has 0 atom stereocenters. The van der Waals surface area contributed by atoms with Crippen molar-refractivity contribution in [2.24, 2.45) is 0 Å². The van der Waals surface area contributed by atoms with Crippen LogP contribution in [0.3, 0.4) is 0 Å². The molecule has 1 aromatic carbocycles. The topological polar surface area (TPSA) is 72.9 Å². The number of Topliss-reactive ketones (excluding diaryl/α,β-unsaturated/α-hetero) is 1. The van der Waals surface area contributed by atoms with Crippen molar-refractivity contribution in [1.29, 1.82) is 0 Å². The molecule has 0 unspecified atom stereocenters. The molecule has 0 saturated carbocycles. The summed E-state index contributed by atoms with van der Waals surface area (Å²) in [5.74, 6) is -0.539. The van der Waals surface area contributed by atoms with Crippen LogP contribution in [-0.4, -0.2) is 35.9 Å². The van der Waals surface area contributed by atoms with E-state index in [1.165, 1.54) is 11.8 Å². The second-order valence-electron chi connectivity index (χ2n) is 6.28. The number of rotatable bonds is 4. The van der Waals surface area contributed by atoms with E-state index in [9.17, 15) is 14.4 Å². The average Bonchev–Trinajstić information content (AvgIpc) is 2.42. The van der Waals surface area contributed by atoms with Crippen LogP contribution in [0.25, 0.3) is 0 Å². The molecule has 2 rings (SSSR count). The number of carbonyl (C=O) groups is 3. The van der Waals surface area contributed by atoms with Crippen LogP contribution >= 0.6 is 0 Å². The fraction of sp³-hybridized carbons (Fsp3) is 0.471. The summed E-state index contributed by atoms with van der Waals surface area (Å²) in [6.07, 6.45) is -0.269. The second kappa shape index (κ2) is 6.02. The summed E-state index contributed by atoms with van der Waals surface area (Å²) in [5.41, 5.74) is -0.243. The van der Waals surface area contributed by atoms with Gasteiger partial charge in [-0.05, 0) is 52.8 Å². The highest BCUT2D eigenvalue weighted by Crippen LogP contribution is 2.38. The Morgan fingerprint density at radius 2 is 1.96 bits per heavy atom. The van der Waals surface area contributed by atoms with E-state index in [-0.39, 0.29) is 24.3 Å². The van der Waals surface area contributed by atoms with E-state index in [1.807, 2.05) is 0 Å². The molecule has 1 aliphatic rings. The molecule has 1 amide bonds. The van der Waals surface area contributed by atoms with Crippen molar-refractivity contribution in [2.75, 3.05) is 11.4 Å². The van der Waals surface area contributed by atoms with Gasteiger partial charge in [0.15, 0.2) is 11.4 Å². The molecule has 0 bridgehead atoms. The van der Waals surface area contributed by atoms with Gasteiger partial charge in [0.25, 0.3) is 5.91 Å². The minimum absolute atomic E-state index is 0.130. The summed E-state index contributed by atoms with van der Waals surface area (Å²) >= 11 is 0. The lowest BCUT2D eigenvalue weighted by molar-refractivity contribution is -0.147. The third-order valence-corrected chi connectivity index (χ3v) is 3.44. The van der Waals surface area contributed by atoms with E-state index >= 15 is 0 Å². The lowest BCUT2D eigenvalue weighted by atomic mass is 10.0. The van der Waals surface area contributed by atoms with Gasteiger partial charge >= 0.3 is 5.97 Å². The van der Waals surface area contributed by atoms with Crippen molar-refractivity contribution in [1.82, 2.24) is 0 Å². The Kier molecular flexibility index (Phi) is 4.45. The number of fused-ring (bicyclic) bond motifs is 1. The van der Waals surface area contributed by atoms with Gasteiger partial charge < -0.3 is 9.47 Å². The van der Waals surface area contributed by atoms with Gasteiger partial charge in [-0.25, -0.2) is 0 Å². The van der Waals surface area contributed by atoms with Crippen LogP contribution in [0.2, 0.25) is 0 Å². The van der Waals surface area contributed by atoms with Gasteiger partial charge in [-0.3, -0.25) is 19.3 Å². The minimum Gasteiger partial charge on any atom is -0.476 e. The molecule has 0 radical (unpaired) electrons. The van der Waals surface area contributed by atoms with E-state index in [0.717, 1.165) is 0 Å². The van der Waals surface area contributed by atoms with Gasteiger partial charge in [0.2, 0.25) is 0 Å². The first-order valence-electron chi connectivity index (χ1n) is 7.47. The zero-order valence-electron chi connectivity index (χ0n) is 14.0. The molecule has 23 heavy (non-hydrogen) atoms. The quantitative estimate of drug-likeness (QED) is 0.629. The molecule has 1 aliphatic heterocycles. The maximum absolute atomic E-state index is 12.6.